The summed E-state index contributed by atoms with van der Waals surface area (Å²) in [6.07, 6.45) is 2.34. The number of carbonyl (C=O) groups is 2. The summed E-state index contributed by atoms with van der Waals surface area (Å²) in [7, 11) is 0. The molecule has 0 bridgehead atoms. The van der Waals surface area contributed by atoms with Gasteiger partial charge in [0.05, 0.1) is 6.04 Å². The van der Waals surface area contributed by atoms with E-state index in [-0.39, 0.29) is 36.4 Å². The van der Waals surface area contributed by atoms with Gasteiger partial charge in [0.15, 0.2) is 0 Å². The minimum atomic E-state index is -0.521. The van der Waals surface area contributed by atoms with E-state index in [0.29, 0.717) is 12.8 Å². The second-order valence-corrected chi connectivity index (χ2v) is 7.83. The second-order valence-electron chi connectivity index (χ2n) is 7.83. The van der Waals surface area contributed by atoms with Crippen molar-refractivity contribution in [2.75, 3.05) is 6.61 Å². The Morgan fingerprint density at radius 1 is 1.04 bits per heavy atom. The molecule has 1 aliphatic heterocycles. The predicted octanol–water partition coefficient (Wildman–Crippen LogP) is 3.49. The first-order valence-electron chi connectivity index (χ1n) is 9.97. The maximum absolute atomic E-state index is 13.5. The van der Waals surface area contributed by atoms with Crippen molar-refractivity contribution in [2.24, 2.45) is 11.7 Å². The zero-order valence-corrected chi connectivity index (χ0v) is 15.9. The number of rotatable bonds is 4. The Morgan fingerprint density at radius 3 is 2.43 bits per heavy atom. The summed E-state index contributed by atoms with van der Waals surface area (Å²) >= 11 is 0. The number of nitrogens with two attached hydrogens (primary N) is 1. The standard InChI is InChI=1S/C23H26N2O3/c24-18-11-12-20(21(14-18)17-9-5-2-6-10-17)22(26)25-19(15-28-23(25)27)13-16-7-3-1-4-8-16/h1-10,18-21H,11-15,24H2/t18-,19-,20-,21+/m1/s1. The van der Waals surface area contributed by atoms with Gasteiger partial charge in [-0.2, -0.15) is 0 Å². The predicted molar refractivity (Wildman–Crippen MR) is 107 cm³/mol. The Kier molecular flexibility index (Phi) is 5.44. The smallest absolute Gasteiger partial charge is 0.416 e. The molecule has 2 fully saturated rings. The number of hydrogen-bond donors (Lipinski definition) is 1. The van der Waals surface area contributed by atoms with Gasteiger partial charge in [-0.15, -0.1) is 0 Å². The molecular weight excluding hydrogens is 352 g/mol. The summed E-state index contributed by atoms with van der Waals surface area (Å²) in [5, 5.41) is 0. The average molecular weight is 378 g/mol. The molecule has 2 aliphatic rings. The summed E-state index contributed by atoms with van der Waals surface area (Å²) in [4.78, 5) is 27.3. The van der Waals surface area contributed by atoms with E-state index in [4.69, 9.17) is 10.5 Å². The first-order valence-corrected chi connectivity index (χ1v) is 9.97. The summed E-state index contributed by atoms with van der Waals surface area (Å²) in [6.45, 7) is 0.252. The fourth-order valence-corrected chi connectivity index (χ4v) is 4.51. The van der Waals surface area contributed by atoms with E-state index in [0.717, 1.165) is 24.0 Å². The average Bonchev–Trinajstić information content (AvgIpc) is 3.09. The molecule has 146 valence electrons. The van der Waals surface area contributed by atoms with Crippen molar-refractivity contribution in [1.82, 2.24) is 4.90 Å². The van der Waals surface area contributed by atoms with Crippen LogP contribution in [-0.4, -0.2) is 35.6 Å². The fraction of sp³-hybridized carbons (Fsp3) is 0.391. The summed E-state index contributed by atoms with van der Waals surface area (Å²) in [5.74, 6) is -0.335. The van der Waals surface area contributed by atoms with Gasteiger partial charge in [0, 0.05) is 12.0 Å². The monoisotopic (exact) mass is 378 g/mol. The fourth-order valence-electron chi connectivity index (χ4n) is 4.51. The molecular formula is C23H26N2O3. The van der Waals surface area contributed by atoms with Gasteiger partial charge in [-0.05, 0) is 42.7 Å². The molecule has 4 atom stereocenters. The van der Waals surface area contributed by atoms with Gasteiger partial charge in [-0.25, -0.2) is 9.69 Å². The molecule has 0 aromatic heterocycles. The Hall–Kier alpha value is -2.66. The van der Waals surface area contributed by atoms with E-state index in [1.54, 1.807) is 0 Å². The number of nitrogens with zero attached hydrogens (tertiary/aromatic N) is 1. The van der Waals surface area contributed by atoms with Gasteiger partial charge < -0.3 is 10.5 Å². The van der Waals surface area contributed by atoms with Gasteiger partial charge in [-0.1, -0.05) is 60.7 Å². The van der Waals surface area contributed by atoms with Gasteiger partial charge >= 0.3 is 6.09 Å². The molecule has 1 aliphatic carbocycles. The zero-order chi connectivity index (χ0) is 19.5. The molecule has 5 heteroatoms. The highest BCUT2D eigenvalue weighted by molar-refractivity contribution is 5.95. The molecule has 1 heterocycles. The molecule has 0 spiro atoms. The lowest BCUT2D eigenvalue weighted by atomic mass is 9.73. The van der Waals surface area contributed by atoms with Crippen molar-refractivity contribution in [3.63, 3.8) is 0 Å². The second kappa shape index (κ2) is 8.15. The molecule has 0 unspecified atom stereocenters. The van der Waals surface area contributed by atoms with Crippen molar-refractivity contribution < 1.29 is 14.3 Å². The molecule has 0 radical (unpaired) electrons. The van der Waals surface area contributed by atoms with Gasteiger partial charge in [0.2, 0.25) is 5.91 Å². The van der Waals surface area contributed by atoms with Crippen LogP contribution in [0, 0.1) is 5.92 Å². The summed E-state index contributed by atoms with van der Waals surface area (Å²) < 4.78 is 5.27. The van der Waals surface area contributed by atoms with Crippen LogP contribution in [-0.2, 0) is 16.0 Å². The number of carbonyl (C=O) groups excluding carboxylic acids is 2. The van der Waals surface area contributed by atoms with E-state index in [9.17, 15) is 9.59 Å². The summed E-state index contributed by atoms with van der Waals surface area (Å²) in [5.41, 5.74) is 8.42. The van der Waals surface area contributed by atoms with Crippen molar-refractivity contribution in [3.05, 3.63) is 71.8 Å². The third kappa shape index (κ3) is 3.80. The van der Waals surface area contributed by atoms with E-state index in [1.165, 1.54) is 4.90 Å². The lowest BCUT2D eigenvalue weighted by Crippen LogP contribution is -2.47. The quantitative estimate of drug-likeness (QED) is 0.884. The maximum Gasteiger partial charge on any atom is 0.416 e. The van der Waals surface area contributed by atoms with Crippen LogP contribution in [0.15, 0.2) is 60.7 Å². The summed E-state index contributed by atoms with van der Waals surface area (Å²) in [6, 6.07) is 19.8. The van der Waals surface area contributed by atoms with Crippen LogP contribution in [0.1, 0.15) is 36.3 Å². The van der Waals surface area contributed by atoms with E-state index >= 15 is 0 Å². The highest BCUT2D eigenvalue weighted by atomic mass is 16.6. The maximum atomic E-state index is 13.5. The minimum Gasteiger partial charge on any atom is -0.447 e. The number of imide groups is 1. The molecule has 2 amide bonds. The number of benzene rings is 2. The Bertz CT molecular complexity index is 824. The SMILES string of the molecule is N[C@@H]1CC[C@@H](C(=O)N2C(=O)OC[C@H]2Cc2ccccc2)[C@H](c2ccccc2)C1. The van der Waals surface area contributed by atoms with Crippen LogP contribution in [0.5, 0.6) is 0 Å². The van der Waals surface area contributed by atoms with Crippen LogP contribution in [0.2, 0.25) is 0 Å². The molecule has 2 aromatic rings. The van der Waals surface area contributed by atoms with Crippen LogP contribution >= 0.6 is 0 Å². The first kappa shape index (κ1) is 18.7. The van der Waals surface area contributed by atoms with Crippen LogP contribution < -0.4 is 5.73 Å². The highest BCUT2D eigenvalue weighted by Gasteiger charge is 2.44. The van der Waals surface area contributed by atoms with Crippen LogP contribution in [0.25, 0.3) is 0 Å². The first-order chi connectivity index (χ1) is 13.6. The van der Waals surface area contributed by atoms with Gasteiger partial charge in [0.25, 0.3) is 0 Å². The Labute approximate surface area is 165 Å². The molecule has 1 saturated heterocycles. The van der Waals surface area contributed by atoms with Crippen molar-refractivity contribution in [1.29, 1.82) is 0 Å². The van der Waals surface area contributed by atoms with Gasteiger partial charge in [-0.3, -0.25) is 4.79 Å². The minimum absolute atomic E-state index is 0.0308. The number of hydrogen-bond acceptors (Lipinski definition) is 4. The third-order valence-corrected chi connectivity index (χ3v) is 5.95. The lowest BCUT2D eigenvalue weighted by Gasteiger charge is -2.36. The molecule has 5 nitrogen and oxygen atoms in total. The molecule has 28 heavy (non-hydrogen) atoms. The molecule has 4 rings (SSSR count). The van der Waals surface area contributed by atoms with Crippen molar-refractivity contribution in [3.8, 4) is 0 Å². The van der Waals surface area contributed by atoms with Crippen molar-refractivity contribution in [2.45, 2.75) is 43.7 Å². The van der Waals surface area contributed by atoms with E-state index < -0.39 is 6.09 Å². The number of ether oxygens (including phenoxy) is 1. The number of cyclic esters (lactones) is 1. The topological polar surface area (TPSA) is 72.6 Å². The Morgan fingerprint density at radius 2 is 1.71 bits per heavy atom. The van der Waals surface area contributed by atoms with Crippen molar-refractivity contribution >= 4 is 12.0 Å². The normalized spacial score (nSPS) is 27.5. The van der Waals surface area contributed by atoms with Crippen LogP contribution in [0.3, 0.4) is 0 Å². The van der Waals surface area contributed by atoms with Gasteiger partial charge in [0.1, 0.15) is 6.61 Å². The zero-order valence-electron chi connectivity index (χ0n) is 15.9. The highest BCUT2D eigenvalue weighted by Crippen LogP contribution is 2.39. The van der Waals surface area contributed by atoms with Crippen LogP contribution in [0.4, 0.5) is 4.79 Å². The lowest BCUT2D eigenvalue weighted by molar-refractivity contribution is -0.135. The third-order valence-electron chi connectivity index (χ3n) is 5.95. The Balaban J connectivity index is 1.57. The molecule has 2 N–H and O–H groups in total. The largest absolute Gasteiger partial charge is 0.447 e. The van der Waals surface area contributed by atoms with E-state index in [2.05, 4.69) is 0 Å². The molecule has 2 aromatic carbocycles. The van der Waals surface area contributed by atoms with E-state index in [1.807, 2.05) is 60.7 Å². The number of amides is 2. The molecule has 1 saturated carbocycles.